The number of carbonyl (C=O) groups is 1. The molecule has 0 spiro atoms. The molecule has 0 aliphatic rings. The van der Waals surface area contributed by atoms with Crippen molar-refractivity contribution in [2.24, 2.45) is 0 Å². The first kappa shape index (κ1) is 18.7. The van der Waals surface area contributed by atoms with Crippen molar-refractivity contribution in [3.05, 3.63) is 72.0 Å². The first-order chi connectivity index (χ1) is 13.8. The lowest BCUT2D eigenvalue weighted by molar-refractivity contribution is -0.137. The largest absolute Gasteiger partial charge is 0.464 e. The van der Waals surface area contributed by atoms with Gasteiger partial charge in [0.1, 0.15) is 18.2 Å². The van der Waals surface area contributed by atoms with E-state index in [1.165, 1.54) is 29.7 Å². The summed E-state index contributed by atoms with van der Waals surface area (Å²) in [5, 5.41) is 7.27. The molecule has 2 heterocycles. The number of fused-ring (bicyclic) bond motifs is 1. The summed E-state index contributed by atoms with van der Waals surface area (Å²) in [6.07, 6.45) is -0.525. The molecule has 0 aliphatic heterocycles. The van der Waals surface area contributed by atoms with Crippen LogP contribution < -0.4 is 5.32 Å². The maximum atomic E-state index is 13.1. The molecule has 9 heteroatoms. The fourth-order valence-corrected chi connectivity index (χ4v) is 3.04. The predicted molar refractivity (Wildman–Crippen MR) is 99.6 cm³/mol. The van der Waals surface area contributed by atoms with Gasteiger partial charge < -0.3 is 9.73 Å². The Hall–Kier alpha value is -3.62. The second-order valence-electron chi connectivity index (χ2n) is 6.56. The Kier molecular flexibility index (Phi) is 4.57. The van der Waals surface area contributed by atoms with Crippen molar-refractivity contribution >= 4 is 22.6 Å². The molecule has 1 amide bonds. The van der Waals surface area contributed by atoms with Crippen molar-refractivity contribution in [1.29, 1.82) is 0 Å². The highest BCUT2D eigenvalue weighted by molar-refractivity contribution is 5.96. The van der Waals surface area contributed by atoms with Crippen LogP contribution in [-0.4, -0.2) is 20.7 Å². The number of hydrogen-bond acceptors (Lipinski definition) is 4. The Balaban J connectivity index is 1.64. The van der Waals surface area contributed by atoms with Gasteiger partial charge in [-0.2, -0.15) is 18.3 Å². The van der Waals surface area contributed by atoms with Crippen molar-refractivity contribution < 1.29 is 22.4 Å². The van der Waals surface area contributed by atoms with E-state index in [0.717, 1.165) is 23.1 Å². The van der Waals surface area contributed by atoms with Crippen LogP contribution in [-0.2, 0) is 17.4 Å². The number of aryl methyl sites for hydroxylation is 1. The number of benzene rings is 2. The summed E-state index contributed by atoms with van der Waals surface area (Å²) in [7, 11) is 0. The van der Waals surface area contributed by atoms with E-state index in [4.69, 9.17) is 4.42 Å². The van der Waals surface area contributed by atoms with E-state index in [2.05, 4.69) is 15.4 Å². The molecule has 148 valence electrons. The molecule has 2 aromatic heterocycles. The minimum atomic E-state index is -4.54. The summed E-state index contributed by atoms with van der Waals surface area (Å²) in [5.41, 5.74) is 1.70. The third-order valence-electron chi connectivity index (χ3n) is 4.43. The number of carbonyl (C=O) groups excluding carboxylic acids is 1. The fraction of sp³-hybridized carbons (Fsp3) is 0.150. The normalized spacial score (nSPS) is 11.7. The highest BCUT2D eigenvalue weighted by atomic mass is 19.4. The predicted octanol–water partition coefficient (Wildman–Crippen LogP) is 4.52. The zero-order valence-electron chi connectivity index (χ0n) is 15.2. The minimum Gasteiger partial charge on any atom is -0.464 e. The minimum absolute atomic E-state index is 0.0148. The number of rotatable bonds is 4. The average Bonchev–Trinajstić information content (AvgIpc) is 3.31. The topological polar surface area (TPSA) is 73.0 Å². The Bertz CT molecular complexity index is 1180. The molecule has 6 nitrogen and oxygen atoms in total. The van der Waals surface area contributed by atoms with E-state index >= 15 is 0 Å². The molecule has 1 N–H and O–H groups in total. The number of nitrogens with zero attached hydrogens (tertiary/aromatic N) is 3. The van der Waals surface area contributed by atoms with Crippen LogP contribution in [0, 0.1) is 6.92 Å². The Morgan fingerprint density at radius 1 is 1.21 bits per heavy atom. The van der Waals surface area contributed by atoms with Crippen molar-refractivity contribution in [3.63, 3.8) is 0 Å². The van der Waals surface area contributed by atoms with Gasteiger partial charge in [0, 0.05) is 10.9 Å². The standard InChI is InChI=1S/C20H15F3N4O2/c1-12-2-4-15-13(9-29-18(15)6-12)7-19(28)26-16-8-14(20(21,22)23)3-5-17(16)27-11-24-10-25-27/h2-6,8-11H,7H2,1H3,(H,26,28). The maximum absolute atomic E-state index is 13.1. The second-order valence-corrected chi connectivity index (χ2v) is 6.56. The Morgan fingerprint density at radius 3 is 2.76 bits per heavy atom. The van der Waals surface area contributed by atoms with E-state index in [-0.39, 0.29) is 17.8 Å². The van der Waals surface area contributed by atoms with Crippen molar-refractivity contribution in [2.45, 2.75) is 19.5 Å². The van der Waals surface area contributed by atoms with Gasteiger partial charge in [-0.3, -0.25) is 4.79 Å². The van der Waals surface area contributed by atoms with Gasteiger partial charge in [0.05, 0.1) is 29.6 Å². The van der Waals surface area contributed by atoms with E-state index in [1.807, 2.05) is 25.1 Å². The molecule has 29 heavy (non-hydrogen) atoms. The van der Waals surface area contributed by atoms with E-state index in [1.54, 1.807) is 0 Å². The summed E-state index contributed by atoms with van der Waals surface area (Å²) in [5.74, 6) is -0.478. The lowest BCUT2D eigenvalue weighted by Crippen LogP contribution is -2.17. The van der Waals surface area contributed by atoms with E-state index in [9.17, 15) is 18.0 Å². The molecule has 0 fully saturated rings. The summed E-state index contributed by atoms with van der Waals surface area (Å²) >= 11 is 0. The van der Waals surface area contributed by atoms with Gasteiger partial charge >= 0.3 is 6.18 Å². The third kappa shape index (κ3) is 3.84. The molecule has 0 atom stereocenters. The number of nitrogens with one attached hydrogen (secondary N) is 1. The maximum Gasteiger partial charge on any atom is 0.416 e. The van der Waals surface area contributed by atoms with Gasteiger partial charge in [-0.15, -0.1) is 0 Å². The molecular formula is C20H15F3N4O2. The SMILES string of the molecule is Cc1ccc2c(CC(=O)Nc3cc(C(F)(F)F)ccc3-n3cncn3)coc2c1. The number of aromatic nitrogens is 3. The molecule has 0 saturated carbocycles. The number of halogens is 3. The van der Waals surface area contributed by atoms with Gasteiger partial charge in [0.15, 0.2) is 0 Å². The fourth-order valence-electron chi connectivity index (χ4n) is 3.04. The quantitative estimate of drug-likeness (QED) is 0.547. The summed E-state index contributed by atoms with van der Waals surface area (Å²) in [4.78, 5) is 16.4. The Labute approximate surface area is 163 Å². The van der Waals surface area contributed by atoms with Gasteiger partial charge in [-0.1, -0.05) is 12.1 Å². The lowest BCUT2D eigenvalue weighted by atomic mass is 10.1. The van der Waals surface area contributed by atoms with Crippen LogP contribution in [0.15, 0.2) is 59.7 Å². The zero-order chi connectivity index (χ0) is 20.6. The van der Waals surface area contributed by atoms with E-state index in [0.29, 0.717) is 11.1 Å². The Morgan fingerprint density at radius 2 is 2.03 bits per heavy atom. The highest BCUT2D eigenvalue weighted by Gasteiger charge is 2.31. The summed E-state index contributed by atoms with van der Waals surface area (Å²) in [6, 6.07) is 8.65. The number of furan rings is 1. The number of alkyl halides is 3. The molecule has 4 rings (SSSR count). The van der Waals surface area contributed by atoms with Crippen LogP contribution in [0.1, 0.15) is 16.7 Å². The van der Waals surface area contributed by atoms with Gasteiger partial charge in [-0.05, 0) is 36.8 Å². The van der Waals surface area contributed by atoms with Gasteiger partial charge in [0.25, 0.3) is 0 Å². The average molecular weight is 400 g/mol. The van der Waals surface area contributed by atoms with Crippen LogP contribution in [0.5, 0.6) is 0 Å². The first-order valence-electron chi connectivity index (χ1n) is 8.64. The van der Waals surface area contributed by atoms with Crippen molar-refractivity contribution in [3.8, 4) is 5.69 Å². The van der Waals surface area contributed by atoms with Gasteiger partial charge in [0.2, 0.25) is 5.91 Å². The second kappa shape index (κ2) is 7.08. The smallest absolute Gasteiger partial charge is 0.416 e. The number of anilines is 1. The van der Waals surface area contributed by atoms with Crippen LogP contribution in [0.2, 0.25) is 0 Å². The monoisotopic (exact) mass is 400 g/mol. The van der Waals surface area contributed by atoms with Crippen molar-refractivity contribution in [1.82, 2.24) is 14.8 Å². The summed E-state index contributed by atoms with van der Waals surface area (Å²) < 4.78 is 46.2. The molecule has 0 unspecified atom stereocenters. The van der Waals surface area contributed by atoms with Crippen LogP contribution >= 0.6 is 0 Å². The molecule has 4 aromatic rings. The number of hydrogen-bond donors (Lipinski definition) is 1. The van der Waals surface area contributed by atoms with Crippen LogP contribution in [0.3, 0.4) is 0 Å². The van der Waals surface area contributed by atoms with Gasteiger partial charge in [-0.25, -0.2) is 9.67 Å². The molecular weight excluding hydrogens is 385 g/mol. The zero-order valence-corrected chi connectivity index (χ0v) is 15.2. The van der Waals surface area contributed by atoms with Crippen molar-refractivity contribution in [2.75, 3.05) is 5.32 Å². The molecule has 0 saturated heterocycles. The third-order valence-corrected chi connectivity index (χ3v) is 4.43. The molecule has 0 radical (unpaired) electrons. The summed E-state index contributed by atoms with van der Waals surface area (Å²) in [6.45, 7) is 1.92. The molecule has 2 aromatic carbocycles. The number of amides is 1. The lowest BCUT2D eigenvalue weighted by Gasteiger charge is -2.14. The molecule has 0 bridgehead atoms. The van der Waals surface area contributed by atoms with Crippen LogP contribution in [0.25, 0.3) is 16.7 Å². The molecule has 0 aliphatic carbocycles. The van der Waals surface area contributed by atoms with E-state index < -0.39 is 17.6 Å². The van der Waals surface area contributed by atoms with Crippen LogP contribution in [0.4, 0.5) is 18.9 Å². The highest BCUT2D eigenvalue weighted by Crippen LogP contribution is 2.33. The first-order valence-corrected chi connectivity index (χ1v) is 8.64.